The lowest BCUT2D eigenvalue weighted by Gasteiger charge is -2.12. The fourth-order valence-corrected chi connectivity index (χ4v) is 1.87. The van der Waals surface area contributed by atoms with E-state index in [-0.39, 0.29) is 0 Å². The van der Waals surface area contributed by atoms with Crippen molar-refractivity contribution in [2.24, 2.45) is 13.0 Å². The number of aryl methyl sites for hydroxylation is 1. The normalized spacial score (nSPS) is 13.1. The Kier molecular flexibility index (Phi) is 8.41. The molecule has 1 unspecified atom stereocenters. The van der Waals surface area contributed by atoms with Gasteiger partial charge < -0.3 is 19.7 Å². The van der Waals surface area contributed by atoms with Crippen LogP contribution in [0.25, 0.3) is 0 Å². The summed E-state index contributed by atoms with van der Waals surface area (Å²) in [4.78, 5) is 0. The van der Waals surface area contributed by atoms with Crippen LogP contribution >= 0.6 is 0 Å². The maximum Gasteiger partial charge on any atom is 0.133 e. The lowest BCUT2D eigenvalue weighted by Crippen LogP contribution is -2.32. The molecule has 0 aliphatic rings. The largest absolute Gasteiger partial charge is 0.389 e. The molecule has 0 bridgehead atoms. The number of nitrogens with zero attached hydrogens (tertiary/aromatic N) is 3. The van der Waals surface area contributed by atoms with Crippen molar-refractivity contribution >= 4 is 0 Å². The molecule has 2 N–H and O–H groups in total. The summed E-state index contributed by atoms with van der Waals surface area (Å²) in [6.07, 6.45) is 4.28. The molecule has 1 rings (SSSR count). The Balaban J connectivity index is 1.95. The minimum Gasteiger partial charge on any atom is -0.389 e. The zero-order valence-corrected chi connectivity index (χ0v) is 12.9. The summed E-state index contributed by atoms with van der Waals surface area (Å²) in [5.41, 5.74) is 0. The molecule has 0 spiro atoms. The van der Waals surface area contributed by atoms with Gasteiger partial charge in [0.05, 0.1) is 12.7 Å². The van der Waals surface area contributed by atoms with Crippen LogP contribution in [0.5, 0.6) is 0 Å². The lowest BCUT2D eigenvalue weighted by atomic mass is 10.1. The fraction of sp³-hybridized carbons (Fsp3) is 0.857. The standard InChI is InChI=1S/C14H28N4O2/c1-12(2)5-4-8-20-10-13(19)9-15-7-6-14-17-16-11-18(14)3/h11-13,15,19H,4-10H2,1-3H3. The molecular weight excluding hydrogens is 256 g/mol. The second kappa shape index (κ2) is 9.85. The van der Waals surface area contributed by atoms with E-state index in [1.54, 1.807) is 6.33 Å². The van der Waals surface area contributed by atoms with Gasteiger partial charge in [-0.2, -0.15) is 0 Å². The first kappa shape index (κ1) is 17.1. The van der Waals surface area contributed by atoms with Gasteiger partial charge in [-0.1, -0.05) is 13.8 Å². The van der Waals surface area contributed by atoms with Gasteiger partial charge in [-0.3, -0.25) is 0 Å². The summed E-state index contributed by atoms with van der Waals surface area (Å²) in [5.74, 6) is 1.66. The molecule has 1 atom stereocenters. The van der Waals surface area contributed by atoms with E-state index in [1.165, 1.54) is 6.42 Å². The minimum atomic E-state index is -0.450. The second-order valence-corrected chi connectivity index (χ2v) is 5.58. The number of aliphatic hydroxyl groups excluding tert-OH is 1. The Morgan fingerprint density at radius 1 is 1.45 bits per heavy atom. The highest BCUT2D eigenvalue weighted by atomic mass is 16.5. The van der Waals surface area contributed by atoms with E-state index in [0.29, 0.717) is 19.1 Å². The van der Waals surface area contributed by atoms with Gasteiger partial charge in [0.1, 0.15) is 12.2 Å². The van der Waals surface area contributed by atoms with Crippen molar-refractivity contribution in [3.8, 4) is 0 Å². The summed E-state index contributed by atoms with van der Waals surface area (Å²) < 4.78 is 7.35. The van der Waals surface area contributed by atoms with Crippen molar-refractivity contribution in [3.63, 3.8) is 0 Å². The average Bonchev–Trinajstić information content (AvgIpc) is 2.79. The van der Waals surface area contributed by atoms with E-state index in [4.69, 9.17) is 4.74 Å². The molecule has 116 valence electrons. The van der Waals surface area contributed by atoms with Gasteiger partial charge in [0.15, 0.2) is 0 Å². The van der Waals surface area contributed by atoms with Crippen molar-refractivity contribution in [2.75, 3.05) is 26.3 Å². The SMILES string of the molecule is CC(C)CCCOCC(O)CNCCc1nncn1C. The quantitative estimate of drug-likeness (QED) is 0.587. The summed E-state index contributed by atoms with van der Waals surface area (Å²) in [6.45, 7) is 6.86. The van der Waals surface area contributed by atoms with Crippen LogP contribution in [0.3, 0.4) is 0 Å². The van der Waals surface area contributed by atoms with E-state index in [2.05, 4.69) is 29.4 Å². The van der Waals surface area contributed by atoms with Gasteiger partial charge in [0, 0.05) is 33.2 Å². The first-order valence-corrected chi connectivity index (χ1v) is 7.39. The molecule has 1 aromatic heterocycles. The van der Waals surface area contributed by atoms with Gasteiger partial charge in [-0.15, -0.1) is 10.2 Å². The van der Waals surface area contributed by atoms with Crippen LogP contribution < -0.4 is 5.32 Å². The maximum absolute atomic E-state index is 9.75. The third-order valence-electron chi connectivity index (χ3n) is 3.09. The zero-order valence-electron chi connectivity index (χ0n) is 12.9. The van der Waals surface area contributed by atoms with Crippen molar-refractivity contribution in [2.45, 2.75) is 39.2 Å². The van der Waals surface area contributed by atoms with Gasteiger partial charge in [0.25, 0.3) is 0 Å². The highest BCUT2D eigenvalue weighted by molar-refractivity contribution is 4.84. The van der Waals surface area contributed by atoms with Crippen molar-refractivity contribution in [1.29, 1.82) is 0 Å². The van der Waals surface area contributed by atoms with E-state index < -0.39 is 6.10 Å². The Hall–Kier alpha value is -0.980. The number of aromatic nitrogens is 3. The van der Waals surface area contributed by atoms with E-state index in [0.717, 1.165) is 31.8 Å². The number of hydrogen-bond acceptors (Lipinski definition) is 5. The van der Waals surface area contributed by atoms with Crippen LogP contribution in [0.15, 0.2) is 6.33 Å². The maximum atomic E-state index is 9.75. The van der Waals surface area contributed by atoms with E-state index in [9.17, 15) is 5.11 Å². The van der Waals surface area contributed by atoms with Crippen LogP contribution in [-0.2, 0) is 18.2 Å². The summed E-state index contributed by atoms with van der Waals surface area (Å²) in [6, 6.07) is 0. The first-order valence-electron chi connectivity index (χ1n) is 7.39. The molecule has 1 aromatic rings. The molecule has 1 heterocycles. The molecule has 0 aliphatic heterocycles. The molecule has 6 heteroatoms. The predicted molar refractivity (Wildman–Crippen MR) is 78.5 cm³/mol. The van der Waals surface area contributed by atoms with Crippen LogP contribution in [0.2, 0.25) is 0 Å². The van der Waals surface area contributed by atoms with Crippen LogP contribution in [0.4, 0.5) is 0 Å². The Morgan fingerprint density at radius 2 is 2.25 bits per heavy atom. The minimum absolute atomic E-state index is 0.398. The summed E-state index contributed by atoms with van der Waals surface area (Å²) >= 11 is 0. The van der Waals surface area contributed by atoms with E-state index in [1.807, 2.05) is 11.6 Å². The Labute approximate surface area is 121 Å². The third kappa shape index (κ3) is 7.57. The molecule has 0 radical (unpaired) electrons. The van der Waals surface area contributed by atoms with Crippen molar-refractivity contribution in [1.82, 2.24) is 20.1 Å². The van der Waals surface area contributed by atoms with Crippen LogP contribution in [-0.4, -0.2) is 52.3 Å². The second-order valence-electron chi connectivity index (χ2n) is 5.58. The molecule has 6 nitrogen and oxygen atoms in total. The smallest absolute Gasteiger partial charge is 0.133 e. The number of aliphatic hydroxyl groups is 1. The molecule has 0 aliphatic carbocycles. The number of rotatable bonds is 11. The Bertz CT molecular complexity index is 355. The number of hydrogen-bond donors (Lipinski definition) is 2. The molecule has 0 saturated heterocycles. The fourth-order valence-electron chi connectivity index (χ4n) is 1.87. The van der Waals surface area contributed by atoms with E-state index >= 15 is 0 Å². The highest BCUT2D eigenvalue weighted by Gasteiger charge is 2.05. The molecule has 0 saturated carbocycles. The molecule has 0 amide bonds. The molecule has 0 fully saturated rings. The monoisotopic (exact) mass is 284 g/mol. The first-order chi connectivity index (χ1) is 9.59. The van der Waals surface area contributed by atoms with Gasteiger partial charge in [-0.05, 0) is 18.8 Å². The average molecular weight is 284 g/mol. The van der Waals surface area contributed by atoms with Gasteiger partial charge in [0.2, 0.25) is 0 Å². The zero-order chi connectivity index (χ0) is 14.8. The number of ether oxygens (including phenoxy) is 1. The summed E-state index contributed by atoms with van der Waals surface area (Å²) in [5, 5.41) is 20.8. The lowest BCUT2D eigenvalue weighted by molar-refractivity contribution is 0.0349. The molecule has 20 heavy (non-hydrogen) atoms. The van der Waals surface area contributed by atoms with Gasteiger partial charge >= 0.3 is 0 Å². The van der Waals surface area contributed by atoms with Crippen molar-refractivity contribution in [3.05, 3.63) is 12.2 Å². The van der Waals surface area contributed by atoms with Crippen LogP contribution in [0.1, 0.15) is 32.5 Å². The predicted octanol–water partition coefficient (Wildman–Crippen LogP) is 0.761. The number of nitrogens with one attached hydrogen (secondary N) is 1. The van der Waals surface area contributed by atoms with Gasteiger partial charge in [-0.25, -0.2) is 0 Å². The molecule has 0 aromatic carbocycles. The highest BCUT2D eigenvalue weighted by Crippen LogP contribution is 2.03. The molecular formula is C14H28N4O2. The Morgan fingerprint density at radius 3 is 2.90 bits per heavy atom. The van der Waals surface area contributed by atoms with Crippen molar-refractivity contribution < 1.29 is 9.84 Å². The third-order valence-corrected chi connectivity index (χ3v) is 3.09. The van der Waals surface area contributed by atoms with Crippen LogP contribution in [0, 0.1) is 5.92 Å². The topological polar surface area (TPSA) is 72.2 Å². The summed E-state index contributed by atoms with van der Waals surface area (Å²) in [7, 11) is 1.93.